The van der Waals surface area contributed by atoms with E-state index in [4.69, 9.17) is 14.2 Å². The van der Waals surface area contributed by atoms with Crippen molar-refractivity contribution in [3.8, 4) is 11.5 Å². The predicted octanol–water partition coefficient (Wildman–Crippen LogP) is 1.96. The first-order valence-corrected chi connectivity index (χ1v) is 9.80. The van der Waals surface area contributed by atoms with E-state index in [-0.39, 0.29) is 12.2 Å². The lowest BCUT2D eigenvalue weighted by Gasteiger charge is -2.16. The highest BCUT2D eigenvalue weighted by atomic mass is 16.5. The Balaban J connectivity index is 1.51. The Bertz CT molecular complexity index is 881. The van der Waals surface area contributed by atoms with Crippen molar-refractivity contribution < 1.29 is 23.8 Å². The number of nitrogens with zero attached hydrogens (tertiary/aromatic N) is 3. The van der Waals surface area contributed by atoms with Crippen LogP contribution in [0.1, 0.15) is 35.8 Å². The molecule has 0 saturated carbocycles. The van der Waals surface area contributed by atoms with Crippen molar-refractivity contribution in [3.05, 3.63) is 41.6 Å². The van der Waals surface area contributed by atoms with Gasteiger partial charge in [0.15, 0.2) is 29.1 Å². The van der Waals surface area contributed by atoms with Gasteiger partial charge in [-0.1, -0.05) is 6.07 Å². The van der Waals surface area contributed by atoms with Gasteiger partial charge in [0.05, 0.1) is 14.2 Å². The lowest BCUT2D eigenvalue weighted by atomic mass is 10.2. The second-order valence-corrected chi connectivity index (χ2v) is 6.93. The largest absolute Gasteiger partial charge is 0.493 e. The summed E-state index contributed by atoms with van der Waals surface area (Å²) in [6.07, 6.45) is 1.28. The van der Waals surface area contributed by atoms with Crippen LogP contribution in [0, 0.1) is 0 Å². The fraction of sp³-hybridized carbons (Fsp3) is 0.429. The van der Waals surface area contributed by atoms with Crippen LogP contribution >= 0.6 is 0 Å². The molecular formula is C21H26N4O5. The van der Waals surface area contributed by atoms with Crippen molar-refractivity contribution in [2.24, 2.45) is 0 Å². The van der Waals surface area contributed by atoms with Gasteiger partial charge in [-0.05, 0) is 49.6 Å². The Labute approximate surface area is 175 Å². The van der Waals surface area contributed by atoms with Crippen LogP contribution in [0.15, 0.2) is 30.3 Å². The first-order valence-electron chi connectivity index (χ1n) is 9.80. The molecule has 3 rings (SSSR count). The predicted molar refractivity (Wildman–Crippen MR) is 110 cm³/mol. The fourth-order valence-electron chi connectivity index (χ4n) is 3.15. The van der Waals surface area contributed by atoms with Crippen molar-refractivity contribution in [3.63, 3.8) is 0 Å². The molecule has 1 atom stereocenters. The maximum absolute atomic E-state index is 12.3. The molecule has 1 saturated heterocycles. The Morgan fingerprint density at radius 3 is 2.43 bits per heavy atom. The van der Waals surface area contributed by atoms with Crippen LogP contribution in [-0.4, -0.2) is 55.5 Å². The molecule has 1 aliphatic rings. The van der Waals surface area contributed by atoms with Crippen molar-refractivity contribution in [2.45, 2.75) is 32.4 Å². The number of carbonyl (C=O) groups is 2. The van der Waals surface area contributed by atoms with E-state index in [2.05, 4.69) is 20.4 Å². The third kappa shape index (κ3) is 5.16. The number of amides is 1. The third-order valence-electron chi connectivity index (χ3n) is 4.86. The molecule has 1 N–H and O–H groups in total. The number of carbonyl (C=O) groups excluding carboxylic acids is 2. The summed E-state index contributed by atoms with van der Waals surface area (Å²) in [6.45, 7) is 3.64. The number of rotatable bonds is 8. The molecule has 0 aliphatic carbocycles. The molecule has 0 radical (unpaired) electrons. The van der Waals surface area contributed by atoms with Crippen LogP contribution in [0.2, 0.25) is 0 Å². The maximum Gasteiger partial charge on any atom is 0.359 e. The minimum absolute atomic E-state index is 0.0671. The summed E-state index contributed by atoms with van der Waals surface area (Å²) in [7, 11) is 3.10. The summed E-state index contributed by atoms with van der Waals surface area (Å²) in [5, 5.41) is 10.8. The molecule has 1 fully saturated rings. The summed E-state index contributed by atoms with van der Waals surface area (Å²) in [6, 6.07) is 8.66. The smallest absolute Gasteiger partial charge is 0.359 e. The monoisotopic (exact) mass is 414 g/mol. The van der Waals surface area contributed by atoms with Crippen molar-refractivity contribution >= 4 is 17.7 Å². The van der Waals surface area contributed by atoms with Gasteiger partial charge < -0.3 is 24.4 Å². The Morgan fingerprint density at radius 2 is 1.80 bits per heavy atom. The fourth-order valence-corrected chi connectivity index (χ4v) is 3.15. The summed E-state index contributed by atoms with van der Waals surface area (Å²) >= 11 is 0. The highest BCUT2D eigenvalue weighted by molar-refractivity contribution is 5.90. The molecule has 1 aromatic heterocycles. The molecule has 160 valence electrons. The zero-order valence-corrected chi connectivity index (χ0v) is 17.4. The van der Waals surface area contributed by atoms with E-state index < -0.39 is 18.0 Å². The summed E-state index contributed by atoms with van der Waals surface area (Å²) in [5.41, 5.74) is 0.889. The molecule has 9 heteroatoms. The highest BCUT2D eigenvalue weighted by Crippen LogP contribution is 2.27. The highest BCUT2D eigenvalue weighted by Gasteiger charge is 2.21. The van der Waals surface area contributed by atoms with Crippen molar-refractivity contribution in [1.82, 2.24) is 15.5 Å². The van der Waals surface area contributed by atoms with E-state index in [0.29, 0.717) is 11.5 Å². The van der Waals surface area contributed by atoms with Gasteiger partial charge >= 0.3 is 5.97 Å². The molecule has 1 amide bonds. The number of esters is 1. The molecule has 2 aromatic rings. The minimum Gasteiger partial charge on any atom is -0.493 e. The summed E-state index contributed by atoms with van der Waals surface area (Å²) in [5.74, 6) is 0.806. The SMILES string of the molecule is COc1ccc(CNC(=O)C(C)OC(=O)c2ccc(N3CCCC3)nn2)cc1OC. The van der Waals surface area contributed by atoms with Gasteiger partial charge in [0.2, 0.25) is 0 Å². The van der Waals surface area contributed by atoms with Crippen molar-refractivity contribution in [1.29, 1.82) is 0 Å². The number of aromatic nitrogens is 2. The average molecular weight is 414 g/mol. The van der Waals surface area contributed by atoms with Gasteiger partial charge in [0, 0.05) is 19.6 Å². The number of hydrogen-bond donors (Lipinski definition) is 1. The van der Waals surface area contributed by atoms with Gasteiger partial charge in [-0.25, -0.2) is 4.79 Å². The number of benzene rings is 1. The van der Waals surface area contributed by atoms with Gasteiger partial charge in [-0.15, -0.1) is 10.2 Å². The van der Waals surface area contributed by atoms with E-state index in [1.807, 2.05) is 6.07 Å². The Hall–Kier alpha value is -3.36. The van der Waals surface area contributed by atoms with Crippen LogP contribution in [0.25, 0.3) is 0 Å². The molecule has 9 nitrogen and oxygen atoms in total. The second-order valence-electron chi connectivity index (χ2n) is 6.93. The minimum atomic E-state index is -0.974. The second kappa shape index (κ2) is 9.91. The normalized spacial score (nSPS) is 14.2. The van der Waals surface area contributed by atoms with Gasteiger partial charge in [-0.3, -0.25) is 4.79 Å². The topological polar surface area (TPSA) is 103 Å². The Morgan fingerprint density at radius 1 is 1.07 bits per heavy atom. The lowest BCUT2D eigenvalue weighted by Crippen LogP contribution is -2.35. The van der Waals surface area contributed by atoms with Crippen LogP contribution in [-0.2, 0) is 16.1 Å². The number of anilines is 1. The molecule has 0 bridgehead atoms. The maximum atomic E-state index is 12.3. The first kappa shape index (κ1) is 21.4. The number of nitrogens with one attached hydrogen (secondary N) is 1. The van der Waals surface area contributed by atoms with Gasteiger partial charge in [-0.2, -0.15) is 0 Å². The number of ether oxygens (including phenoxy) is 3. The van der Waals surface area contributed by atoms with Gasteiger partial charge in [0.25, 0.3) is 5.91 Å². The molecular weight excluding hydrogens is 388 g/mol. The quantitative estimate of drug-likeness (QED) is 0.654. The number of hydrogen-bond acceptors (Lipinski definition) is 8. The van der Waals surface area contributed by atoms with E-state index in [9.17, 15) is 9.59 Å². The van der Waals surface area contributed by atoms with Crippen LogP contribution in [0.5, 0.6) is 11.5 Å². The zero-order valence-electron chi connectivity index (χ0n) is 17.4. The summed E-state index contributed by atoms with van der Waals surface area (Å²) < 4.78 is 15.7. The van der Waals surface area contributed by atoms with Crippen LogP contribution in [0.4, 0.5) is 5.82 Å². The zero-order chi connectivity index (χ0) is 21.5. The average Bonchev–Trinajstić information content (AvgIpc) is 3.32. The van der Waals surface area contributed by atoms with Crippen LogP contribution in [0.3, 0.4) is 0 Å². The van der Waals surface area contributed by atoms with Gasteiger partial charge in [0.1, 0.15) is 0 Å². The molecule has 0 spiro atoms. The summed E-state index contributed by atoms with van der Waals surface area (Å²) in [4.78, 5) is 26.7. The van der Waals surface area contributed by atoms with E-state index in [0.717, 1.165) is 37.3 Å². The molecule has 1 unspecified atom stereocenters. The van der Waals surface area contributed by atoms with Crippen molar-refractivity contribution in [2.75, 3.05) is 32.2 Å². The standard InChI is InChI=1S/C21H26N4O5/c1-14(20(26)22-13-15-6-8-17(28-2)18(12-15)29-3)30-21(27)16-7-9-19(24-23-16)25-10-4-5-11-25/h6-9,12,14H,4-5,10-11,13H2,1-3H3,(H,22,26). The molecule has 1 aliphatic heterocycles. The lowest BCUT2D eigenvalue weighted by molar-refractivity contribution is -0.129. The molecule has 1 aromatic carbocycles. The van der Waals surface area contributed by atoms with E-state index in [1.54, 1.807) is 38.5 Å². The van der Waals surface area contributed by atoms with E-state index >= 15 is 0 Å². The molecule has 30 heavy (non-hydrogen) atoms. The number of methoxy groups -OCH3 is 2. The van der Waals surface area contributed by atoms with Crippen LogP contribution < -0.4 is 19.7 Å². The molecule has 2 heterocycles. The first-order chi connectivity index (χ1) is 14.5. The third-order valence-corrected chi connectivity index (χ3v) is 4.86. The Kier molecular flexibility index (Phi) is 7.05. The van der Waals surface area contributed by atoms with E-state index in [1.165, 1.54) is 6.92 Å².